The fourth-order valence-electron chi connectivity index (χ4n) is 0.518. The lowest BCUT2D eigenvalue weighted by Gasteiger charge is -2.05. The predicted octanol–water partition coefficient (Wildman–Crippen LogP) is 3.04. The van der Waals surface area contributed by atoms with Crippen molar-refractivity contribution in [3.63, 3.8) is 0 Å². The number of carbonyl (C=O) groups excluding carboxylic acids is 1. The number of hydrogen-bond donors (Lipinski definition) is 2. The lowest BCUT2D eigenvalue weighted by molar-refractivity contribution is -0.123. The lowest BCUT2D eigenvalue weighted by atomic mass is 10.2. The van der Waals surface area contributed by atoms with E-state index in [1.807, 2.05) is 27.7 Å². The highest BCUT2D eigenvalue weighted by atomic mass is 16.1. The fraction of sp³-hybridized carbons (Fsp3) is 0.917. The molecule has 1 amide bonds. The number of carbonyl (C=O) groups is 1. The molecule has 0 aromatic carbocycles. The van der Waals surface area contributed by atoms with Crippen molar-refractivity contribution in [2.75, 3.05) is 13.1 Å². The summed E-state index contributed by atoms with van der Waals surface area (Å²) in [5.74, 6) is 0.186. The van der Waals surface area contributed by atoms with E-state index in [0.717, 1.165) is 6.42 Å². The number of nitrogens with two attached hydrogens (primary N) is 1. The van der Waals surface area contributed by atoms with Crippen LogP contribution in [0.4, 0.5) is 0 Å². The monoisotopic (exact) mass is 222 g/mol. The number of amides is 1. The Labute approximate surface area is 98.8 Å². The van der Waals surface area contributed by atoms with Crippen LogP contribution in [0.25, 0.3) is 0 Å². The van der Waals surface area contributed by atoms with Crippen LogP contribution >= 0.6 is 0 Å². The molecule has 3 N–H and O–H groups in total. The molecule has 0 unspecified atom stereocenters. The molecular formula is C12H34N2O. The summed E-state index contributed by atoms with van der Waals surface area (Å²) in [6, 6.07) is 0. The molecule has 0 aliphatic carbocycles. The van der Waals surface area contributed by atoms with Gasteiger partial charge in [0, 0.05) is 15.3 Å². The van der Waals surface area contributed by atoms with Crippen LogP contribution < -0.4 is 11.1 Å². The zero-order chi connectivity index (χ0) is 12.7. The molecule has 0 aliphatic rings. The topological polar surface area (TPSA) is 55.1 Å². The molecule has 0 saturated heterocycles. The van der Waals surface area contributed by atoms with Crippen molar-refractivity contribution >= 4 is 5.91 Å². The largest absolute Gasteiger partial charge is 0.356 e. The molecule has 0 spiro atoms. The summed E-state index contributed by atoms with van der Waals surface area (Å²) < 4.78 is 0. The summed E-state index contributed by atoms with van der Waals surface area (Å²) >= 11 is 0. The summed E-state index contributed by atoms with van der Waals surface area (Å²) in [7, 11) is 0. The maximum atomic E-state index is 10.9. The molecule has 0 rings (SSSR count). The maximum Gasteiger partial charge on any atom is 0.222 e. The van der Waals surface area contributed by atoms with Crippen molar-refractivity contribution in [1.29, 1.82) is 0 Å². The van der Waals surface area contributed by atoms with Crippen molar-refractivity contribution in [3.8, 4) is 0 Å². The van der Waals surface area contributed by atoms with Crippen LogP contribution in [0.2, 0.25) is 0 Å². The van der Waals surface area contributed by atoms with Crippen LogP contribution in [0.5, 0.6) is 0 Å². The highest BCUT2D eigenvalue weighted by Crippen LogP contribution is 1.89. The van der Waals surface area contributed by atoms with Gasteiger partial charge in [0.2, 0.25) is 5.91 Å². The van der Waals surface area contributed by atoms with E-state index in [1.54, 1.807) is 0 Å². The average Bonchev–Trinajstić information content (AvgIpc) is 2.22. The standard InChI is InChI=1S/C7H16N2O.C3H8.C2H6.2H2/c1-6(2)7(10)9-5-3-4-8;1-3-2;1-2;;/h6H,3-5,8H2,1-2H3,(H,9,10);3H2,1-2H3;1-2H3;2*1H. The maximum absolute atomic E-state index is 10.9. The number of hydrogen-bond acceptors (Lipinski definition) is 2. The molecule has 0 bridgehead atoms. The minimum atomic E-state index is 0. The number of rotatable bonds is 4. The van der Waals surface area contributed by atoms with E-state index < -0.39 is 0 Å². The van der Waals surface area contributed by atoms with E-state index in [2.05, 4.69) is 19.2 Å². The summed E-state index contributed by atoms with van der Waals surface area (Å²) in [5.41, 5.74) is 5.24. The molecule has 3 nitrogen and oxygen atoms in total. The molecule has 15 heavy (non-hydrogen) atoms. The Morgan fingerprint density at radius 3 is 2.00 bits per heavy atom. The Balaban J connectivity index is -0.0000000598. The van der Waals surface area contributed by atoms with E-state index in [1.165, 1.54) is 6.42 Å². The molecule has 3 heteroatoms. The SMILES string of the molecule is CC.CC(C)C(=O)NCCCN.CCC.[HH].[HH]. The van der Waals surface area contributed by atoms with Gasteiger partial charge >= 0.3 is 0 Å². The molecule has 0 atom stereocenters. The molecule has 0 saturated carbocycles. The molecule has 0 fully saturated rings. The first-order valence-corrected chi connectivity index (χ1v) is 6.07. The highest BCUT2D eigenvalue weighted by Gasteiger charge is 2.03. The van der Waals surface area contributed by atoms with E-state index >= 15 is 0 Å². The van der Waals surface area contributed by atoms with Gasteiger partial charge in [-0.25, -0.2) is 0 Å². The van der Waals surface area contributed by atoms with E-state index in [0.29, 0.717) is 13.1 Å². The zero-order valence-electron chi connectivity index (χ0n) is 11.4. The van der Waals surface area contributed by atoms with Crippen molar-refractivity contribution in [2.24, 2.45) is 11.7 Å². The van der Waals surface area contributed by atoms with Crippen molar-refractivity contribution < 1.29 is 7.65 Å². The predicted molar refractivity (Wildman–Crippen MR) is 73.1 cm³/mol. The zero-order valence-corrected chi connectivity index (χ0v) is 11.4. The van der Waals surface area contributed by atoms with Gasteiger partial charge in [-0.05, 0) is 13.0 Å². The second kappa shape index (κ2) is 19.1. The summed E-state index contributed by atoms with van der Waals surface area (Å²) in [6.07, 6.45) is 2.11. The normalized spacial score (nSPS) is 8.27. The Bertz CT molecular complexity index is 123. The molecule has 0 radical (unpaired) electrons. The van der Waals surface area contributed by atoms with Crippen LogP contribution in [0.1, 0.15) is 57.2 Å². The third-order valence-electron chi connectivity index (χ3n) is 1.20. The van der Waals surface area contributed by atoms with Crippen LogP contribution in [0.3, 0.4) is 0 Å². The van der Waals surface area contributed by atoms with Gasteiger partial charge in [0.05, 0.1) is 0 Å². The first kappa shape index (κ1) is 19.9. The second-order valence-corrected chi connectivity index (χ2v) is 3.30. The fourth-order valence-corrected chi connectivity index (χ4v) is 0.518. The number of nitrogens with one attached hydrogen (secondary N) is 1. The molecule has 0 heterocycles. The molecular weight excluding hydrogens is 188 g/mol. The first-order valence-electron chi connectivity index (χ1n) is 6.07. The first-order chi connectivity index (χ1) is 7.09. The second-order valence-electron chi connectivity index (χ2n) is 3.30. The quantitative estimate of drug-likeness (QED) is 0.718. The van der Waals surface area contributed by atoms with E-state index in [-0.39, 0.29) is 14.7 Å². The minimum Gasteiger partial charge on any atom is -0.356 e. The van der Waals surface area contributed by atoms with Crippen LogP contribution in [0.15, 0.2) is 0 Å². The van der Waals surface area contributed by atoms with E-state index in [4.69, 9.17) is 5.73 Å². The van der Waals surface area contributed by atoms with Crippen molar-refractivity contribution in [3.05, 3.63) is 0 Å². The lowest BCUT2D eigenvalue weighted by Crippen LogP contribution is -2.29. The molecule has 0 aliphatic heterocycles. The minimum absolute atomic E-state index is 0. The summed E-state index contributed by atoms with van der Waals surface area (Å²) in [6.45, 7) is 13.3. The van der Waals surface area contributed by atoms with Gasteiger partial charge in [0.15, 0.2) is 0 Å². The Morgan fingerprint density at radius 1 is 1.33 bits per heavy atom. The van der Waals surface area contributed by atoms with Gasteiger partial charge in [-0.15, -0.1) is 0 Å². The van der Waals surface area contributed by atoms with Gasteiger partial charge in [0.25, 0.3) is 0 Å². The third kappa shape index (κ3) is 24.7. The van der Waals surface area contributed by atoms with Crippen LogP contribution in [-0.2, 0) is 4.79 Å². The third-order valence-corrected chi connectivity index (χ3v) is 1.20. The van der Waals surface area contributed by atoms with Gasteiger partial charge < -0.3 is 11.1 Å². The van der Waals surface area contributed by atoms with E-state index in [9.17, 15) is 4.79 Å². The van der Waals surface area contributed by atoms with Gasteiger partial charge in [-0.3, -0.25) is 4.79 Å². The highest BCUT2D eigenvalue weighted by molar-refractivity contribution is 5.77. The Hall–Kier alpha value is -0.570. The average molecular weight is 222 g/mol. The Kier molecular flexibility index (Phi) is 25.3. The summed E-state index contributed by atoms with van der Waals surface area (Å²) in [4.78, 5) is 10.9. The summed E-state index contributed by atoms with van der Waals surface area (Å²) in [5, 5.41) is 2.76. The van der Waals surface area contributed by atoms with Crippen LogP contribution in [-0.4, -0.2) is 19.0 Å². The smallest absolute Gasteiger partial charge is 0.222 e. The van der Waals surface area contributed by atoms with Gasteiger partial charge in [-0.1, -0.05) is 48.0 Å². The molecule has 98 valence electrons. The molecule has 0 aromatic rings. The van der Waals surface area contributed by atoms with Gasteiger partial charge in [0.1, 0.15) is 0 Å². The Morgan fingerprint density at radius 2 is 1.73 bits per heavy atom. The van der Waals surface area contributed by atoms with Gasteiger partial charge in [-0.2, -0.15) is 0 Å². The van der Waals surface area contributed by atoms with Crippen molar-refractivity contribution in [2.45, 2.75) is 54.4 Å². The van der Waals surface area contributed by atoms with Crippen molar-refractivity contribution in [1.82, 2.24) is 5.32 Å². The molecule has 0 aromatic heterocycles. The van der Waals surface area contributed by atoms with Crippen LogP contribution in [0, 0.1) is 5.92 Å².